The molecule has 32 heavy (non-hydrogen) atoms. The van der Waals surface area contributed by atoms with Gasteiger partial charge >= 0.3 is 5.97 Å². The Labute approximate surface area is 187 Å². The van der Waals surface area contributed by atoms with Gasteiger partial charge in [-0.3, -0.25) is 9.59 Å². The maximum absolute atomic E-state index is 14.1. The number of hydrogen-bond acceptors (Lipinski definition) is 6. The molecule has 1 spiro atoms. The molecule has 2 saturated heterocycles. The molecule has 5 aliphatic rings. The number of allylic oxidation sites excluding steroid dienone is 2. The molecular formula is C26H30O6. The molecule has 0 amide bonds. The number of fused-ring (bicyclic) bond motifs is 3. The fourth-order valence-corrected chi connectivity index (χ4v) is 8.56. The number of ketones is 2. The summed E-state index contributed by atoms with van der Waals surface area (Å²) in [4.78, 5) is 39.8. The Balaban J connectivity index is 1.53. The average Bonchev–Trinajstić information content (AvgIpc) is 3.30. The maximum Gasteiger partial charge on any atom is 0.339 e. The van der Waals surface area contributed by atoms with Gasteiger partial charge in [0.25, 0.3) is 0 Å². The highest BCUT2D eigenvalue weighted by Gasteiger charge is 2.88. The minimum absolute atomic E-state index is 0.0288. The molecule has 6 rings (SSSR count). The van der Waals surface area contributed by atoms with E-state index >= 15 is 0 Å². The van der Waals surface area contributed by atoms with Crippen LogP contribution in [-0.4, -0.2) is 29.2 Å². The second-order valence-electron chi connectivity index (χ2n) is 11.8. The minimum atomic E-state index is -0.912. The Kier molecular flexibility index (Phi) is 3.60. The van der Waals surface area contributed by atoms with E-state index in [0.717, 1.165) is 18.4 Å². The van der Waals surface area contributed by atoms with Crippen molar-refractivity contribution >= 4 is 17.5 Å². The fraction of sp³-hybridized carbons (Fsp3) is 0.654. The van der Waals surface area contributed by atoms with Crippen LogP contribution in [0.4, 0.5) is 0 Å². The lowest BCUT2D eigenvalue weighted by atomic mass is 9.36. The van der Waals surface area contributed by atoms with Crippen LogP contribution in [0.2, 0.25) is 0 Å². The fourth-order valence-electron chi connectivity index (χ4n) is 8.56. The largest absolute Gasteiger partial charge is 0.472 e. The first kappa shape index (κ1) is 20.4. The summed E-state index contributed by atoms with van der Waals surface area (Å²) in [7, 11) is 0. The number of rotatable bonds is 1. The molecule has 0 bridgehead atoms. The van der Waals surface area contributed by atoms with Gasteiger partial charge in [-0.25, -0.2) is 4.79 Å². The molecule has 0 radical (unpaired) electrons. The van der Waals surface area contributed by atoms with E-state index in [2.05, 4.69) is 13.8 Å². The van der Waals surface area contributed by atoms with Crippen LogP contribution in [0, 0.1) is 33.5 Å². The number of hydrogen-bond donors (Lipinski definition) is 0. The van der Waals surface area contributed by atoms with E-state index in [1.165, 1.54) is 0 Å². The van der Waals surface area contributed by atoms with Crippen LogP contribution >= 0.6 is 0 Å². The first-order valence-electron chi connectivity index (χ1n) is 11.6. The number of cyclic esters (lactones) is 1. The van der Waals surface area contributed by atoms with Gasteiger partial charge in [0.1, 0.15) is 17.5 Å². The van der Waals surface area contributed by atoms with Crippen LogP contribution in [0.25, 0.3) is 0 Å². The summed E-state index contributed by atoms with van der Waals surface area (Å²) in [5, 5.41) is 0. The van der Waals surface area contributed by atoms with Crippen LogP contribution < -0.4 is 0 Å². The van der Waals surface area contributed by atoms with Crippen molar-refractivity contribution in [1.29, 1.82) is 0 Å². The third-order valence-corrected chi connectivity index (χ3v) is 10.3. The Morgan fingerprint density at radius 1 is 1.00 bits per heavy atom. The molecule has 0 unspecified atom stereocenters. The van der Waals surface area contributed by atoms with Crippen molar-refractivity contribution in [3.63, 3.8) is 0 Å². The lowest BCUT2D eigenvalue weighted by Crippen LogP contribution is -2.71. The quantitative estimate of drug-likeness (QED) is 0.483. The molecule has 2 aliphatic heterocycles. The number of esters is 1. The SMILES string of the molecule is CC1(C)C(=O)C=C[C@]2(C)[C@@H]1CC(=O)[C@@]1(C)[C@H]2CC[C@@]2(C)[C@H](c3ccoc3)OC(=O)[C@H]3O[C@]321. The summed E-state index contributed by atoms with van der Waals surface area (Å²) >= 11 is 0. The van der Waals surface area contributed by atoms with Gasteiger partial charge in [0.05, 0.1) is 17.9 Å². The summed E-state index contributed by atoms with van der Waals surface area (Å²) in [5.74, 6) is -0.312. The zero-order chi connectivity index (χ0) is 22.9. The summed E-state index contributed by atoms with van der Waals surface area (Å²) < 4.78 is 17.5. The van der Waals surface area contributed by atoms with Gasteiger partial charge in [-0.15, -0.1) is 0 Å². The van der Waals surface area contributed by atoms with Crippen LogP contribution in [0.3, 0.4) is 0 Å². The predicted octanol–water partition coefficient (Wildman–Crippen LogP) is 4.20. The lowest BCUT2D eigenvalue weighted by Gasteiger charge is -2.66. The predicted molar refractivity (Wildman–Crippen MR) is 113 cm³/mol. The van der Waals surface area contributed by atoms with Crippen molar-refractivity contribution in [2.45, 2.75) is 71.7 Å². The lowest BCUT2D eigenvalue weighted by molar-refractivity contribution is -0.210. The molecule has 6 nitrogen and oxygen atoms in total. The number of carbonyl (C=O) groups excluding carboxylic acids is 3. The minimum Gasteiger partial charge on any atom is -0.472 e. The second kappa shape index (κ2) is 5.64. The van der Waals surface area contributed by atoms with Crippen molar-refractivity contribution < 1.29 is 28.3 Å². The monoisotopic (exact) mass is 438 g/mol. The number of carbonyl (C=O) groups is 3. The number of Topliss-reactive ketones (excluding diaryl/α,β-unsaturated/α-hetero) is 1. The van der Waals surface area contributed by atoms with Crippen molar-refractivity contribution in [3.05, 3.63) is 36.3 Å². The zero-order valence-corrected chi connectivity index (χ0v) is 19.3. The normalized spacial score (nSPS) is 50.6. The second-order valence-corrected chi connectivity index (χ2v) is 11.8. The van der Waals surface area contributed by atoms with E-state index in [-0.39, 0.29) is 28.8 Å². The summed E-state index contributed by atoms with van der Waals surface area (Å²) in [6.07, 6.45) is 7.57. The van der Waals surface area contributed by atoms with Gasteiger partial charge in [-0.05, 0) is 49.2 Å². The van der Waals surface area contributed by atoms with E-state index in [0.29, 0.717) is 6.42 Å². The molecule has 6 heteroatoms. The molecule has 1 aromatic rings. The Hall–Kier alpha value is -2.21. The van der Waals surface area contributed by atoms with Crippen molar-refractivity contribution in [2.24, 2.45) is 33.5 Å². The first-order valence-corrected chi connectivity index (χ1v) is 11.6. The number of ether oxygens (including phenoxy) is 2. The number of epoxide rings is 1. The summed E-state index contributed by atoms with van der Waals surface area (Å²) in [6.45, 7) is 10.2. The third-order valence-electron chi connectivity index (χ3n) is 10.3. The molecule has 1 aromatic heterocycles. The van der Waals surface area contributed by atoms with Gasteiger partial charge in [0.15, 0.2) is 11.9 Å². The van der Waals surface area contributed by atoms with Crippen LogP contribution in [0.5, 0.6) is 0 Å². The molecule has 8 atom stereocenters. The topological polar surface area (TPSA) is 86.1 Å². The van der Waals surface area contributed by atoms with E-state index in [9.17, 15) is 14.4 Å². The van der Waals surface area contributed by atoms with E-state index in [4.69, 9.17) is 13.9 Å². The average molecular weight is 439 g/mol. The van der Waals surface area contributed by atoms with Gasteiger partial charge < -0.3 is 13.9 Å². The van der Waals surface area contributed by atoms with Crippen LogP contribution in [0.1, 0.15) is 65.5 Å². The molecule has 0 N–H and O–H groups in total. The first-order chi connectivity index (χ1) is 14.9. The van der Waals surface area contributed by atoms with Gasteiger partial charge in [0, 0.05) is 22.8 Å². The van der Waals surface area contributed by atoms with E-state index < -0.39 is 40.0 Å². The number of furan rings is 1. The standard InChI is InChI=1S/C26H30O6/c1-22(2)16-12-18(28)25(5)15(23(16,3)9-7-17(22)27)6-10-24(4)19(14-8-11-30-13-14)31-21(29)20-26(24,25)32-20/h7-9,11,13,15-16,19-20H,6,10,12H2,1-5H3/t15-,16+,19-,20+,23-,24-,25+,26+/m0/s1. The Morgan fingerprint density at radius 2 is 1.75 bits per heavy atom. The summed E-state index contributed by atoms with van der Waals surface area (Å²) in [5.41, 5.74) is -2.45. The van der Waals surface area contributed by atoms with Crippen LogP contribution in [-0.2, 0) is 23.9 Å². The van der Waals surface area contributed by atoms with Crippen molar-refractivity contribution in [3.8, 4) is 0 Å². The maximum atomic E-state index is 14.1. The highest BCUT2D eigenvalue weighted by atomic mass is 16.7. The molecule has 170 valence electrons. The molecule has 4 fully saturated rings. The van der Waals surface area contributed by atoms with Crippen molar-refractivity contribution in [2.75, 3.05) is 0 Å². The van der Waals surface area contributed by atoms with Gasteiger partial charge in [-0.2, -0.15) is 0 Å². The molecular weight excluding hydrogens is 408 g/mol. The van der Waals surface area contributed by atoms with Crippen molar-refractivity contribution in [1.82, 2.24) is 0 Å². The Bertz CT molecular complexity index is 1080. The van der Waals surface area contributed by atoms with Gasteiger partial charge in [-0.1, -0.05) is 33.8 Å². The molecule has 3 heterocycles. The zero-order valence-electron chi connectivity index (χ0n) is 19.3. The van der Waals surface area contributed by atoms with Gasteiger partial charge in [0.2, 0.25) is 0 Å². The Morgan fingerprint density at radius 3 is 2.44 bits per heavy atom. The molecule has 2 saturated carbocycles. The van der Waals surface area contributed by atoms with Crippen LogP contribution in [0.15, 0.2) is 35.2 Å². The molecule has 0 aromatic carbocycles. The highest BCUT2D eigenvalue weighted by Crippen LogP contribution is 2.78. The molecule has 3 aliphatic carbocycles. The van der Waals surface area contributed by atoms with E-state index in [1.807, 2.05) is 32.9 Å². The smallest absolute Gasteiger partial charge is 0.339 e. The van der Waals surface area contributed by atoms with E-state index in [1.54, 1.807) is 18.6 Å². The highest BCUT2D eigenvalue weighted by molar-refractivity contribution is 5.98. The third kappa shape index (κ3) is 1.92. The summed E-state index contributed by atoms with van der Waals surface area (Å²) in [6, 6.07) is 1.83.